The molecule has 0 atom stereocenters. The average Bonchev–Trinajstić information content (AvgIpc) is 3.22. The first-order valence-electron chi connectivity index (χ1n) is 7.05. The number of aromatic nitrogens is 1. The number of hydrogen-bond donors (Lipinski definition) is 2. The Hall–Kier alpha value is -1.83. The molecule has 7 nitrogen and oxygen atoms in total. The van der Waals surface area contributed by atoms with Crippen molar-refractivity contribution in [3.8, 4) is 0 Å². The van der Waals surface area contributed by atoms with Crippen molar-refractivity contribution in [3.63, 3.8) is 0 Å². The number of pyridine rings is 1. The van der Waals surface area contributed by atoms with Crippen LogP contribution in [0.4, 0.5) is 5.69 Å². The lowest BCUT2D eigenvalue weighted by atomic mass is 10.2. The maximum Gasteiger partial charge on any atom is 0.341 e. The SMILES string of the molecule is CC[CH]OC(=O)c1c(C)[nH]c(=O)c(N)c1S(=O)(=O)CC1CC1. The fourth-order valence-corrected chi connectivity index (χ4v) is 4.27. The zero-order valence-corrected chi connectivity index (χ0v) is 13.3. The second kappa shape index (κ2) is 6.12. The quantitative estimate of drug-likeness (QED) is 0.757. The molecule has 1 radical (unpaired) electrons. The number of H-pyrrole nitrogens is 1. The zero-order valence-electron chi connectivity index (χ0n) is 12.5. The molecule has 0 bridgehead atoms. The van der Waals surface area contributed by atoms with E-state index < -0.39 is 31.9 Å². The molecular formula is C14H19N2O5S. The summed E-state index contributed by atoms with van der Waals surface area (Å²) in [4.78, 5) is 25.9. The first-order valence-corrected chi connectivity index (χ1v) is 8.71. The van der Waals surface area contributed by atoms with Gasteiger partial charge in [0.2, 0.25) is 0 Å². The van der Waals surface area contributed by atoms with Gasteiger partial charge in [-0.3, -0.25) is 4.79 Å². The highest BCUT2D eigenvalue weighted by Gasteiger charge is 2.35. The molecule has 1 aromatic rings. The summed E-state index contributed by atoms with van der Waals surface area (Å²) in [6.07, 6.45) is 2.13. The van der Waals surface area contributed by atoms with Crippen LogP contribution in [0.3, 0.4) is 0 Å². The highest BCUT2D eigenvalue weighted by atomic mass is 32.2. The molecule has 3 N–H and O–H groups in total. The molecule has 0 saturated heterocycles. The van der Waals surface area contributed by atoms with E-state index in [2.05, 4.69) is 4.98 Å². The van der Waals surface area contributed by atoms with E-state index in [4.69, 9.17) is 10.5 Å². The Kier molecular flexibility index (Phi) is 4.60. The minimum absolute atomic E-state index is 0.0649. The number of hydrogen-bond acceptors (Lipinski definition) is 6. The van der Waals surface area contributed by atoms with Crippen LogP contribution in [0.5, 0.6) is 0 Å². The topological polar surface area (TPSA) is 119 Å². The summed E-state index contributed by atoms with van der Waals surface area (Å²) in [5.74, 6) is -0.885. The summed E-state index contributed by atoms with van der Waals surface area (Å²) in [5, 5.41) is 0. The van der Waals surface area contributed by atoms with Crippen LogP contribution in [0.1, 0.15) is 42.2 Å². The van der Waals surface area contributed by atoms with Crippen LogP contribution in [-0.4, -0.2) is 25.1 Å². The van der Waals surface area contributed by atoms with Gasteiger partial charge in [0.25, 0.3) is 5.56 Å². The summed E-state index contributed by atoms with van der Waals surface area (Å²) in [6, 6.07) is 0. The third kappa shape index (κ3) is 3.32. The van der Waals surface area contributed by atoms with Crippen LogP contribution in [-0.2, 0) is 14.6 Å². The number of anilines is 1. The van der Waals surface area contributed by atoms with Crippen LogP contribution < -0.4 is 11.3 Å². The van der Waals surface area contributed by atoms with Crippen molar-refractivity contribution in [2.24, 2.45) is 5.92 Å². The van der Waals surface area contributed by atoms with Crippen LogP contribution >= 0.6 is 0 Å². The Bertz CT molecular complexity index is 747. The molecule has 8 heteroatoms. The van der Waals surface area contributed by atoms with Crippen molar-refractivity contribution in [3.05, 3.63) is 28.2 Å². The lowest BCUT2D eigenvalue weighted by Gasteiger charge is -2.14. The van der Waals surface area contributed by atoms with Gasteiger partial charge in [0, 0.05) is 5.69 Å². The van der Waals surface area contributed by atoms with Crippen molar-refractivity contribution in [1.82, 2.24) is 4.98 Å². The van der Waals surface area contributed by atoms with Gasteiger partial charge in [-0.15, -0.1) is 0 Å². The fourth-order valence-electron chi connectivity index (χ4n) is 2.17. The number of sulfone groups is 1. The number of nitrogen functional groups attached to an aromatic ring is 1. The van der Waals surface area contributed by atoms with Crippen LogP contribution in [0.15, 0.2) is 9.69 Å². The Morgan fingerprint density at radius 3 is 2.64 bits per heavy atom. The van der Waals surface area contributed by atoms with Crippen LogP contribution in [0.2, 0.25) is 0 Å². The van der Waals surface area contributed by atoms with Crippen molar-refractivity contribution >= 4 is 21.5 Å². The van der Waals surface area contributed by atoms with Crippen molar-refractivity contribution in [2.75, 3.05) is 11.5 Å². The molecule has 121 valence electrons. The van der Waals surface area contributed by atoms with E-state index in [1.54, 1.807) is 6.92 Å². The van der Waals surface area contributed by atoms with Crippen LogP contribution in [0.25, 0.3) is 0 Å². The lowest BCUT2D eigenvalue weighted by molar-refractivity contribution is 0.0595. The van der Waals surface area contributed by atoms with Gasteiger partial charge < -0.3 is 15.5 Å². The van der Waals surface area contributed by atoms with E-state index >= 15 is 0 Å². The van der Waals surface area contributed by atoms with Gasteiger partial charge in [0.15, 0.2) is 9.84 Å². The van der Waals surface area contributed by atoms with E-state index in [9.17, 15) is 18.0 Å². The average molecular weight is 327 g/mol. The molecule has 1 saturated carbocycles. The number of aryl methyl sites for hydroxylation is 1. The number of ether oxygens (including phenoxy) is 1. The maximum absolute atomic E-state index is 12.6. The number of aromatic amines is 1. The molecule has 1 aliphatic carbocycles. The molecule has 1 fully saturated rings. The van der Waals surface area contributed by atoms with Crippen molar-refractivity contribution in [1.29, 1.82) is 0 Å². The van der Waals surface area contributed by atoms with E-state index in [0.29, 0.717) is 6.42 Å². The standard InChI is InChI=1S/C14H19N2O5S/c1-3-6-21-14(18)10-8(2)16-13(17)11(15)12(10)22(19,20)7-9-4-5-9/h6,9H,3-5,7,15H2,1-2H3,(H,16,17). The molecule has 0 spiro atoms. The van der Waals surface area contributed by atoms with Gasteiger partial charge >= 0.3 is 5.97 Å². The van der Waals surface area contributed by atoms with Gasteiger partial charge in [-0.25, -0.2) is 13.2 Å². The largest absolute Gasteiger partial charge is 0.455 e. The van der Waals surface area contributed by atoms with E-state index in [1.807, 2.05) is 0 Å². The second-order valence-corrected chi connectivity index (χ2v) is 7.37. The molecule has 0 aliphatic heterocycles. The number of carbonyl (C=O) groups is 1. The molecule has 0 aromatic carbocycles. The van der Waals surface area contributed by atoms with Gasteiger partial charge in [0.1, 0.15) is 17.2 Å². The van der Waals surface area contributed by atoms with Crippen molar-refractivity contribution in [2.45, 2.75) is 38.0 Å². The molecule has 1 heterocycles. The van der Waals surface area contributed by atoms with E-state index in [1.165, 1.54) is 13.5 Å². The summed E-state index contributed by atoms with van der Waals surface area (Å²) < 4.78 is 30.0. The summed E-state index contributed by atoms with van der Waals surface area (Å²) in [6.45, 7) is 4.48. The third-order valence-electron chi connectivity index (χ3n) is 3.42. The Balaban J connectivity index is 2.58. The first-order chi connectivity index (χ1) is 10.3. The number of carbonyl (C=O) groups excluding carboxylic acids is 1. The predicted molar refractivity (Wildman–Crippen MR) is 81.0 cm³/mol. The zero-order chi connectivity index (χ0) is 16.5. The number of rotatable bonds is 6. The normalized spacial score (nSPS) is 14.8. The lowest BCUT2D eigenvalue weighted by Crippen LogP contribution is -2.25. The molecular weight excluding hydrogens is 308 g/mol. The smallest absolute Gasteiger partial charge is 0.341 e. The van der Waals surface area contributed by atoms with Gasteiger partial charge in [-0.2, -0.15) is 0 Å². The van der Waals surface area contributed by atoms with E-state index in [-0.39, 0.29) is 22.9 Å². The minimum atomic E-state index is -3.83. The third-order valence-corrected chi connectivity index (χ3v) is 5.37. The Morgan fingerprint density at radius 2 is 2.09 bits per heavy atom. The summed E-state index contributed by atoms with van der Waals surface area (Å²) in [5.41, 5.74) is 4.41. The van der Waals surface area contributed by atoms with E-state index in [0.717, 1.165) is 12.8 Å². The first kappa shape index (κ1) is 16.5. The minimum Gasteiger partial charge on any atom is -0.455 e. The molecule has 2 rings (SSSR count). The van der Waals surface area contributed by atoms with Crippen molar-refractivity contribution < 1.29 is 17.9 Å². The number of nitrogens with two attached hydrogens (primary N) is 1. The second-order valence-electron chi connectivity index (χ2n) is 5.40. The molecule has 0 amide bonds. The monoisotopic (exact) mass is 327 g/mol. The fraction of sp³-hybridized carbons (Fsp3) is 0.500. The van der Waals surface area contributed by atoms with Gasteiger partial charge in [0.05, 0.1) is 11.3 Å². The van der Waals surface area contributed by atoms with Crippen LogP contribution in [0, 0.1) is 19.4 Å². The summed E-state index contributed by atoms with van der Waals surface area (Å²) >= 11 is 0. The highest BCUT2D eigenvalue weighted by molar-refractivity contribution is 7.91. The number of esters is 1. The number of nitrogens with one attached hydrogen (secondary N) is 1. The van der Waals surface area contributed by atoms with Gasteiger partial charge in [-0.1, -0.05) is 6.92 Å². The molecule has 1 aliphatic rings. The Morgan fingerprint density at radius 1 is 1.45 bits per heavy atom. The molecule has 22 heavy (non-hydrogen) atoms. The maximum atomic E-state index is 12.6. The Labute approximate surface area is 128 Å². The highest BCUT2D eigenvalue weighted by Crippen LogP contribution is 2.34. The molecule has 0 unspecified atom stereocenters. The van der Waals surface area contributed by atoms with Gasteiger partial charge in [-0.05, 0) is 32.1 Å². The predicted octanol–water partition coefficient (Wildman–Crippen LogP) is 1.18. The molecule has 1 aromatic heterocycles. The summed E-state index contributed by atoms with van der Waals surface area (Å²) in [7, 11) is -3.83.